The lowest BCUT2D eigenvalue weighted by Gasteiger charge is -2.33. The average molecular weight is 229 g/mol. The van der Waals surface area contributed by atoms with Gasteiger partial charge >= 0.3 is 5.97 Å². The van der Waals surface area contributed by atoms with E-state index in [9.17, 15) is 9.90 Å². The SMILES string of the molecule is CC(C)COCCC1(C(=O)O)CCCNC1. The van der Waals surface area contributed by atoms with Crippen LogP contribution in [0.4, 0.5) is 0 Å². The minimum atomic E-state index is -0.687. The molecule has 0 amide bonds. The van der Waals surface area contributed by atoms with Crippen LogP contribution in [0.5, 0.6) is 0 Å². The van der Waals surface area contributed by atoms with Gasteiger partial charge in [-0.1, -0.05) is 13.8 Å². The summed E-state index contributed by atoms with van der Waals surface area (Å²) in [6.07, 6.45) is 2.32. The third-order valence-electron chi connectivity index (χ3n) is 3.10. The fourth-order valence-corrected chi connectivity index (χ4v) is 2.06. The number of nitrogens with one attached hydrogen (secondary N) is 1. The van der Waals surface area contributed by atoms with Crippen LogP contribution in [0.1, 0.15) is 33.1 Å². The predicted molar refractivity (Wildman–Crippen MR) is 62.4 cm³/mol. The van der Waals surface area contributed by atoms with Gasteiger partial charge < -0.3 is 15.2 Å². The van der Waals surface area contributed by atoms with E-state index in [4.69, 9.17) is 4.74 Å². The molecule has 0 aromatic heterocycles. The van der Waals surface area contributed by atoms with Crippen LogP contribution in [0.3, 0.4) is 0 Å². The summed E-state index contributed by atoms with van der Waals surface area (Å²) in [5.74, 6) is -0.182. The van der Waals surface area contributed by atoms with Gasteiger partial charge in [0.25, 0.3) is 0 Å². The van der Waals surface area contributed by atoms with E-state index in [2.05, 4.69) is 19.2 Å². The molecule has 1 saturated heterocycles. The molecule has 94 valence electrons. The lowest BCUT2D eigenvalue weighted by atomic mass is 9.78. The van der Waals surface area contributed by atoms with E-state index in [1.807, 2.05) is 0 Å². The van der Waals surface area contributed by atoms with Crippen molar-refractivity contribution in [2.75, 3.05) is 26.3 Å². The lowest BCUT2D eigenvalue weighted by Crippen LogP contribution is -2.46. The highest BCUT2D eigenvalue weighted by Gasteiger charge is 2.39. The van der Waals surface area contributed by atoms with E-state index < -0.39 is 11.4 Å². The number of piperidine rings is 1. The topological polar surface area (TPSA) is 58.6 Å². The number of aliphatic carboxylic acids is 1. The van der Waals surface area contributed by atoms with Gasteiger partial charge in [0.15, 0.2) is 0 Å². The van der Waals surface area contributed by atoms with Crippen molar-refractivity contribution in [1.29, 1.82) is 0 Å². The third kappa shape index (κ3) is 3.76. The highest BCUT2D eigenvalue weighted by Crippen LogP contribution is 2.30. The second-order valence-electron chi connectivity index (χ2n) is 5.08. The zero-order valence-electron chi connectivity index (χ0n) is 10.3. The molecule has 1 rings (SSSR count). The number of hydrogen-bond acceptors (Lipinski definition) is 3. The molecule has 2 N–H and O–H groups in total. The van der Waals surface area contributed by atoms with Crippen LogP contribution < -0.4 is 5.32 Å². The summed E-state index contributed by atoms with van der Waals surface area (Å²) in [7, 11) is 0. The molecule has 0 spiro atoms. The van der Waals surface area contributed by atoms with E-state index in [0.29, 0.717) is 32.1 Å². The number of hydrogen-bond donors (Lipinski definition) is 2. The van der Waals surface area contributed by atoms with Crippen molar-refractivity contribution in [1.82, 2.24) is 5.32 Å². The van der Waals surface area contributed by atoms with Gasteiger partial charge in [-0.2, -0.15) is 0 Å². The molecule has 1 unspecified atom stereocenters. The molecule has 0 radical (unpaired) electrons. The molecule has 16 heavy (non-hydrogen) atoms. The Hall–Kier alpha value is -0.610. The number of carbonyl (C=O) groups is 1. The summed E-state index contributed by atoms with van der Waals surface area (Å²) in [5.41, 5.74) is -0.602. The summed E-state index contributed by atoms with van der Waals surface area (Å²) in [5, 5.41) is 12.5. The van der Waals surface area contributed by atoms with Crippen molar-refractivity contribution in [2.24, 2.45) is 11.3 Å². The van der Waals surface area contributed by atoms with Crippen LogP contribution in [-0.4, -0.2) is 37.4 Å². The van der Waals surface area contributed by atoms with Gasteiger partial charge in [-0.25, -0.2) is 0 Å². The minimum Gasteiger partial charge on any atom is -0.481 e. The van der Waals surface area contributed by atoms with Gasteiger partial charge in [0.05, 0.1) is 5.41 Å². The van der Waals surface area contributed by atoms with Gasteiger partial charge in [0, 0.05) is 19.8 Å². The van der Waals surface area contributed by atoms with E-state index in [-0.39, 0.29) is 0 Å². The third-order valence-corrected chi connectivity index (χ3v) is 3.10. The Morgan fingerprint density at radius 3 is 2.81 bits per heavy atom. The molecule has 0 aromatic carbocycles. The van der Waals surface area contributed by atoms with Crippen LogP contribution in [0.2, 0.25) is 0 Å². The van der Waals surface area contributed by atoms with Crippen molar-refractivity contribution in [2.45, 2.75) is 33.1 Å². The summed E-state index contributed by atoms with van der Waals surface area (Å²) >= 11 is 0. The minimum absolute atomic E-state index is 0.505. The molecule has 1 fully saturated rings. The second kappa shape index (κ2) is 6.21. The largest absolute Gasteiger partial charge is 0.481 e. The number of carboxylic acids is 1. The van der Waals surface area contributed by atoms with Crippen LogP contribution in [0.15, 0.2) is 0 Å². The summed E-state index contributed by atoms with van der Waals surface area (Å²) in [6, 6.07) is 0. The maximum absolute atomic E-state index is 11.3. The highest BCUT2D eigenvalue weighted by molar-refractivity contribution is 5.75. The van der Waals surface area contributed by atoms with Crippen LogP contribution in [0, 0.1) is 11.3 Å². The first-order valence-corrected chi connectivity index (χ1v) is 6.09. The molecular weight excluding hydrogens is 206 g/mol. The number of ether oxygens (including phenoxy) is 1. The molecule has 0 saturated carbocycles. The Bertz CT molecular complexity index is 222. The van der Waals surface area contributed by atoms with Crippen LogP contribution in [-0.2, 0) is 9.53 Å². The Morgan fingerprint density at radius 2 is 2.31 bits per heavy atom. The molecule has 4 nitrogen and oxygen atoms in total. The number of rotatable bonds is 6. The Kier molecular flexibility index (Phi) is 5.22. The molecule has 1 atom stereocenters. The maximum atomic E-state index is 11.3. The van der Waals surface area contributed by atoms with Crippen molar-refractivity contribution >= 4 is 5.97 Å². The smallest absolute Gasteiger partial charge is 0.311 e. The molecule has 0 aromatic rings. The van der Waals surface area contributed by atoms with Crippen LogP contribution in [0.25, 0.3) is 0 Å². The van der Waals surface area contributed by atoms with Gasteiger partial charge in [-0.15, -0.1) is 0 Å². The van der Waals surface area contributed by atoms with E-state index in [1.165, 1.54) is 0 Å². The standard InChI is InChI=1S/C12H23NO3/c1-10(2)8-16-7-5-12(11(14)15)4-3-6-13-9-12/h10,13H,3-9H2,1-2H3,(H,14,15). The second-order valence-corrected chi connectivity index (χ2v) is 5.08. The van der Waals surface area contributed by atoms with Crippen molar-refractivity contribution in [3.05, 3.63) is 0 Å². The monoisotopic (exact) mass is 229 g/mol. The zero-order chi connectivity index (χ0) is 12.0. The summed E-state index contributed by atoms with van der Waals surface area (Å²) in [6.45, 7) is 6.95. The fourth-order valence-electron chi connectivity index (χ4n) is 2.06. The zero-order valence-corrected chi connectivity index (χ0v) is 10.3. The first-order valence-electron chi connectivity index (χ1n) is 6.09. The molecule has 0 aliphatic carbocycles. The van der Waals surface area contributed by atoms with Crippen molar-refractivity contribution in [3.63, 3.8) is 0 Å². The quantitative estimate of drug-likeness (QED) is 0.678. The van der Waals surface area contributed by atoms with Gasteiger partial charge in [-0.3, -0.25) is 4.79 Å². The van der Waals surface area contributed by atoms with Gasteiger partial charge in [0.1, 0.15) is 0 Å². The van der Waals surface area contributed by atoms with Gasteiger partial charge in [0.2, 0.25) is 0 Å². The first kappa shape index (κ1) is 13.5. The van der Waals surface area contributed by atoms with E-state index >= 15 is 0 Å². The van der Waals surface area contributed by atoms with Crippen LogP contribution >= 0.6 is 0 Å². The van der Waals surface area contributed by atoms with Gasteiger partial charge in [-0.05, 0) is 31.7 Å². The molecule has 4 heteroatoms. The van der Waals surface area contributed by atoms with E-state index in [1.54, 1.807) is 0 Å². The molecule has 1 aliphatic rings. The molecule has 1 heterocycles. The average Bonchev–Trinajstić information content (AvgIpc) is 2.25. The van der Waals surface area contributed by atoms with Crippen molar-refractivity contribution < 1.29 is 14.6 Å². The Balaban J connectivity index is 2.36. The van der Waals surface area contributed by atoms with E-state index in [0.717, 1.165) is 19.4 Å². The fraction of sp³-hybridized carbons (Fsp3) is 0.917. The Labute approximate surface area is 97.4 Å². The Morgan fingerprint density at radius 1 is 1.56 bits per heavy atom. The highest BCUT2D eigenvalue weighted by atomic mass is 16.5. The lowest BCUT2D eigenvalue weighted by molar-refractivity contribution is -0.151. The molecule has 1 aliphatic heterocycles. The predicted octanol–water partition coefficient (Wildman–Crippen LogP) is 1.50. The summed E-state index contributed by atoms with van der Waals surface area (Å²) in [4.78, 5) is 11.3. The summed E-state index contributed by atoms with van der Waals surface area (Å²) < 4.78 is 5.48. The number of carboxylic acid groups (broad SMARTS) is 1. The maximum Gasteiger partial charge on any atom is 0.311 e. The molecule has 0 bridgehead atoms. The van der Waals surface area contributed by atoms with Crippen molar-refractivity contribution in [3.8, 4) is 0 Å². The first-order chi connectivity index (χ1) is 7.57. The normalized spacial score (nSPS) is 25.9. The molecular formula is C12H23NO3.